The number of rotatable bonds is 4. The Balaban J connectivity index is 2.46. The van der Waals surface area contributed by atoms with Crippen LogP contribution in [0.15, 0.2) is 36.4 Å². The van der Waals surface area contributed by atoms with Crippen LogP contribution in [0.5, 0.6) is 0 Å². The molecule has 3 heteroatoms. The Labute approximate surface area is 112 Å². The summed E-state index contributed by atoms with van der Waals surface area (Å²) in [4.78, 5) is 0. The second kappa shape index (κ2) is 5.93. The summed E-state index contributed by atoms with van der Waals surface area (Å²) in [6.07, 6.45) is 0. The van der Waals surface area contributed by atoms with Gasteiger partial charge in [-0.05, 0) is 60.0 Å². The summed E-state index contributed by atoms with van der Waals surface area (Å²) >= 11 is 0. The molecule has 0 aliphatic rings. The minimum absolute atomic E-state index is 0.242. The van der Waals surface area contributed by atoms with Gasteiger partial charge in [0.2, 0.25) is 0 Å². The van der Waals surface area contributed by atoms with Crippen LogP contribution in [0.3, 0.4) is 0 Å². The molecule has 0 saturated carbocycles. The van der Waals surface area contributed by atoms with Gasteiger partial charge in [-0.3, -0.25) is 0 Å². The van der Waals surface area contributed by atoms with Crippen molar-refractivity contribution in [3.8, 4) is 11.1 Å². The van der Waals surface area contributed by atoms with Gasteiger partial charge >= 0.3 is 0 Å². The molecule has 0 aromatic heterocycles. The van der Waals surface area contributed by atoms with Gasteiger partial charge in [0.15, 0.2) is 0 Å². The minimum atomic E-state index is -0.280. The molecule has 0 radical (unpaired) electrons. The van der Waals surface area contributed by atoms with Crippen LogP contribution in [-0.4, -0.2) is 6.54 Å². The van der Waals surface area contributed by atoms with Crippen molar-refractivity contribution in [3.05, 3.63) is 59.2 Å². The zero-order chi connectivity index (χ0) is 13.8. The number of hydrogen-bond donors (Lipinski definition) is 1. The van der Waals surface area contributed by atoms with E-state index in [2.05, 4.69) is 5.32 Å². The molecule has 1 nitrogen and oxygen atoms in total. The van der Waals surface area contributed by atoms with E-state index < -0.39 is 0 Å². The van der Waals surface area contributed by atoms with E-state index in [-0.39, 0.29) is 11.6 Å². The summed E-state index contributed by atoms with van der Waals surface area (Å²) in [5.74, 6) is -0.523. The second-order valence-electron chi connectivity index (χ2n) is 4.55. The Morgan fingerprint density at radius 2 is 1.84 bits per heavy atom. The molecule has 0 unspecified atom stereocenters. The molecule has 0 heterocycles. The lowest BCUT2D eigenvalue weighted by Gasteiger charge is -2.11. The van der Waals surface area contributed by atoms with E-state index in [9.17, 15) is 8.78 Å². The van der Waals surface area contributed by atoms with Gasteiger partial charge in [0.25, 0.3) is 0 Å². The molecule has 19 heavy (non-hydrogen) atoms. The highest BCUT2D eigenvalue weighted by atomic mass is 19.1. The summed E-state index contributed by atoms with van der Waals surface area (Å²) in [6, 6.07) is 9.58. The first-order chi connectivity index (χ1) is 9.11. The quantitative estimate of drug-likeness (QED) is 0.875. The fraction of sp³-hybridized carbons (Fsp3) is 0.250. The van der Waals surface area contributed by atoms with Crippen LogP contribution in [0.25, 0.3) is 11.1 Å². The van der Waals surface area contributed by atoms with Gasteiger partial charge in [-0.2, -0.15) is 0 Å². The SMILES string of the molecule is CCNCc1ccc(F)cc1-c1ccc(F)c(C)c1. The third kappa shape index (κ3) is 3.18. The lowest BCUT2D eigenvalue weighted by Crippen LogP contribution is -2.12. The summed E-state index contributed by atoms with van der Waals surface area (Å²) in [6.45, 7) is 5.25. The van der Waals surface area contributed by atoms with Crippen LogP contribution in [0.2, 0.25) is 0 Å². The van der Waals surface area contributed by atoms with Crippen molar-refractivity contribution < 1.29 is 8.78 Å². The minimum Gasteiger partial charge on any atom is -0.313 e. The molecular weight excluding hydrogens is 244 g/mol. The molecule has 0 aliphatic carbocycles. The lowest BCUT2D eigenvalue weighted by atomic mass is 9.98. The summed E-state index contributed by atoms with van der Waals surface area (Å²) in [5, 5.41) is 3.22. The van der Waals surface area contributed by atoms with Crippen molar-refractivity contribution in [2.75, 3.05) is 6.54 Å². The van der Waals surface area contributed by atoms with E-state index in [0.29, 0.717) is 12.1 Å². The van der Waals surface area contributed by atoms with E-state index >= 15 is 0 Å². The van der Waals surface area contributed by atoms with E-state index in [4.69, 9.17) is 0 Å². The zero-order valence-corrected chi connectivity index (χ0v) is 11.1. The third-order valence-corrected chi connectivity index (χ3v) is 3.11. The highest BCUT2D eigenvalue weighted by Crippen LogP contribution is 2.26. The molecule has 0 fully saturated rings. The molecule has 0 atom stereocenters. The first-order valence-electron chi connectivity index (χ1n) is 6.37. The fourth-order valence-corrected chi connectivity index (χ4v) is 2.04. The maximum atomic E-state index is 13.4. The number of nitrogens with one attached hydrogen (secondary N) is 1. The average Bonchev–Trinajstić information content (AvgIpc) is 2.40. The summed E-state index contributed by atoms with van der Waals surface area (Å²) in [5.41, 5.74) is 3.22. The predicted molar refractivity (Wildman–Crippen MR) is 73.9 cm³/mol. The van der Waals surface area contributed by atoms with Crippen molar-refractivity contribution in [1.82, 2.24) is 5.32 Å². The normalized spacial score (nSPS) is 10.7. The first-order valence-corrected chi connectivity index (χ1v) is 6.37. The van der Waals surface area contributed by atoms with Gasteiger partial charge in [0.05, 0.1) is 0 Å². The van der Waals surface area contributed by atoms with Gasteiger partial charge in [-0.1, -0.05) is 19.1 Å². The molecule has 1 N–H and O–H groups in total. The van der Waals surface area contributed by atoms with Gasteiger partial charge in [-0.25, -0.2) is 8.78 Å². The van der Waals surface area contributed by atoms with Crippen LogP contribution in [0, 0.1) is 18.6 Å². The maximum absolute atomic E-state index is 13.4. The average molecular weight is 261 g/mol. The van der Waals surface area contributed by atoms with Gasteiger partial charge in [-0.15, -0.1) is 0 Å². The smallest absolute Gasteiger partial charge is 0.126 e. The number of halogens is 2. The van der Waals surface area contributed by atoms with E-state index in [1.807, 2.05) is 6.92 Å². The summed E-state index contributed by atoms with van der Waals surface area (Å²) < 4.78 is 26.8. The second-order valence-corrected chi connectivity index (χ2v) is 4.55. The molecule has 0 amide bonds. The Hall–Kier alpha value is -1.74. The van der Waals surface area contributed by atoms with Crippen molar-refractivity contribution in [3.63, 3.8) is 0 Å². The highest BCUT2D eigenvalue weighted by molar-refractivity contribution is 5.68. The Bertz CT molecular complexity index is 579. The molecule has 2 rings (SSSR count). The number of aryl methyl sites for hydroxylation is 1. The fourth-order valence-electron chi connectivity index (χ4n) is 2.04. The van der Waals surface area contributed by atoms with Gasteiger partial charge < -0.3 is 5.32 Å². The Morgan fingerprint density at radius 3 is 2.53 bits per heavy atom. The van der Waals surface area contributed by atoms with Crippen molar-refractivity contribution in [2.24, 2.45) is 0 Å². The monoisotopic (exact) mass is 261 g/mol. The molecule has 100 valence electrons. The molecule has 2 aromatic rings. The molecule has 2 aromatic carbocycles. The van der Waals surface area contributed by atoms with Crippen molar-refractivity contribution >= 4 is 0 Å². The number of benzene rings is 2. The van der Waals surface area contributed by atoms with E-state index in [1.165, 1.54) is 18.2 Å². The van der Waals surface area contributed by atoms with Crippen molar-refractivity contribution in [2.45, 2.75) is 20.4 Å². The highest BCUT2D eigenvalue weighted by Gasteiger charge is 2.08. The third-order valence-electron chi connectivity index (χ3n) is 3.11. The largest absolute Gasteiger partial charge is 0.313 e. The van der Waals surface area contributed by atoms with Crippen molar-refractivity contribution in [1.29, 1.82) is 0 Å². The molecule has 0 aliphatic heterocycles. The maximum Gasteiger partial charge on any atom is 0.126 e. The van der Waals surface area contributed by atoms with Crippen LogP contribution >= 0.6 is 0 Å². The molecular formula is C16H17F2N. The Morgan fingerprint density at radius 1 is 1.05 bits per heavy atom. The molecule has 0 spiro atoms. The predicted octanol–water partition coefficient (Wildman–Crippen LogP) is 4.05. The molecule has 0 saturated heterocycles. The topological polar surface area (TPSA) is 12.0 Å². The van der Waals surface area contributed by atoms with E-state index in [1.54, 1.807) is 25.1 Å². The van der Waals surface area contributed by atoms with Crippen LogP contribution in [0.4, 0.5) is 8.78 Å². The van der Waals surface area contributed by atoms with E-state index in [0.717, 1.165) is 23.2 Å². The first kappa shape index (κ1) is 13.7. The Kier molecular flexibility index (Phi) is 4.27. The van der Waals surface area contributed by atoms with Gasteiger partial charge in [0, 0.05) is 6.54 Å². The van der Waals surface area contributed by atoms with Crippen LogP contribution < -0.4 is 5.32 Å². The van der Waals surface area contributed by atoms with Gasteiger partial charge in [0.1, 0.15) is 11.6 Å². The number of hydrogen-bond acceptors (Lipinski definition) is 1. The standard InChI is InChI=1S/C16H17F2N/c1-3-19-10-13-4-6-14(17)9-15(13)12-5-7-16(18)11(2)8-12/h4-9,19H,3,10H2,1-2H3. The molecule has 0 bridgehead atoms. The van der Waals surface area contributed by atoms with Crippen LogP contribution in [-0.2, 0) is 6.54 Å². The summed E-state index contributed by atoms with van der Waals surface area (Å²) in [7, 11) is 0. The lowest BCUT2D eigenvalue weighted by molar-refractivity contribution is 0.618. The zero-order valence-electron chi connectivity index (χ0n) is 11.1. The van der Waals surface area contributed by atoms with Crippen LogP contribution in [0.1, 0.15) is 18.1 Å².